The van der Waals surface area contributed by atoms with Crippen LogP contribution in [0.3, 0.4) is 0 Å². The van der Waals surface area contributed by atoms with E-state index in [9.17, 15) is 14.4 Å². The van der Waals surface area contributed by atoms with Gasteiger partial charge in [-0.05, 0) is 72.5 Å². The number of benzene rings is 1. The number of aromatic nitrogens is 1. The van der Waals surface area contributed by atoms with Gasteiger partial charge in [-0.15, -0.1) is 11.8 Å². The summed E-state index contributed by atoms with van der Waals surface area (Å²) in [4.78, 5) is 39.1. The summed E-state index contributed by atoms with van der Waals surface area (Å²) in [5, 5.41) is 0. The SMILES string of the molecule is CC(N)=O.COc1c(OC(=O)c2ccncc2)cc2c(c1OC)-c1ccc(SC)c(=O)cc1CCC2. The molecule has 2 aromatic carbocycles. The van der Waals surface area contributed by atoms with Gasteiger partial charge in [-0.2, -0.15) is 0 Å². The third-order valence-electron chi connectivity index (χ3n) is 5.49. The summed E-state index contributed by atoms with van der Waals surface area (Å²) in [6, 6.07) is 10.6. The van der Waals surface area contributed by atoms with Crippen LogP contribution in [0.15, 0.2) is 58.5 Å². The number of fused-ring (bicyclic) bond motifs is 3. The number of hydrogen-bond donors (Lipinski definition) is 1. The van der Waals surface area contributed by atoms with Crippen molar-refractivity contribution in [3.8, 4) is 28.4 Å². The van der Waals surface area contributed by atoms with Gasteiger partial charge in [0.1, 0.15) is 0 Å². The number of methoxy groups -OCH3 is 2. The van der Waals surface area contributed by atoms with E-state index in [0.717, 1.165) is 41.5 Å². The van der Waals surface area contributed by atoms with E-state index in [2.05, 4.69) is 10.7 Å². The van der Waals surface area contributed by atoms with Gasteiger partial charge in [0.25, 0.3) is 0 Å². The first kappa shape index (κ1) is 26.7. The average molecular weight is 509 g/mol. The van der Waals surface area contributed by atoms with Crippen LogP contribution in [0.2, 0.25) is 0 Å². The lowest BCUT2D eigenvalue weighted by Gasteiger charge is -2.19. The summed E-state index contributed by atoms with van der Waals surface area (Å²) in [5.74, 6) is 0.271. The number of nitrogens with two attached hydrogens (primary N) is 1. The third-order valence-corrected chi connectivity index (χ3v) is 6.26. The molecule has 36 heavy (non-hydrogen) atoms. The number of hydrogen-bond acceptors (Lipinski definition) is 8. The Hall–Kier alpha value is -3.85. The first-order valence-corrected chi connectivity index (χ1v) is 12.4. The molecule has 0 saturated carbocycles. The molecule has 188 valence electrons. The molecule has 0 saturated heterocycles. The van der Waals surface area contributed by atoms with E-state index >= 15 is 0 Å². The highest BCUT2D eigenvalue weighted by molar-refractivity contribution is 7.98. The fourth-order valence-electron chi connectivity index (χ4n) is 4.01. The zero-order valence-corrected chi connectivity index (χ0v) is 21.4. The van der Waals surface area contributed by atoms with Gasteiger partial charge in [-0.3, -0.25) is 14.6 Å². The van der Waals surface area contributed by atoms with Gasteiger partial charge in [0.05, 0.1) is 24.7 Å². The van der Waals surface area contributed by atoms with E-state index in [-0.39, 0.29) is 11.3 Å². The maximum atomic E-state index is 12.7. The molecule has 1 amide bonds. The molecule has 3 aromatic rings. The van der Waals surface area contributed by atoms with Crippen molar-refractivity contribution in [2.75, 3.05) is 20.5 Å². The maximum absolute atomic E-state index is 12.7. The minimum Gasteiger partial charge on any atom is -0.492 e. The number of primary amides is 1. The second kappa shape index (κ2) is 12.2. The number of rotatable bonds is 5. The number of amides is 1. The summed E-state index contributed by atoms with van der Waals surface area (Å²) in [6.45, 7) is 1.31. The normalized spacial score (nSPS) is 11.6. The van der Waals surface area contributed by atoms with Crippen molar-refractivity contribution in [3.63, 3.8) is 0 Å². The molecular formula is C27H28N2O6S. The minimum atomic E-state index is -0.506. The van der Waals surface area contributed by atoms with Crippen LogP contribution in [0.5, 0.6) is 17.2 Å². The predicted molar refractivity (Wildman–Crippen MR) is 139 cm³/mol. The Bertz CT molecular complexity index is 1320. The highest BCUT2D eigenvalue weighted by atomic mass is 32.2. The third kappa shape index (κ3) is 6.04. The molecule has 2 N–H and O–H groups in total. The number of carbonyl (C=O) groups excluding carboxylic acids is 2. The van der Waals surface area contributed by atoms with Crippen molar-refractivity contribution in [3.05, 3.63) is 75.7 Å². The lowest BCUT2D eigenvalue weighted by molar-refractivity contribution is -0.115. The smallest absolute Gasteiger partial charge is 0.343 e. The summed E-state index contributed by atoms with van der Waals surface area (Å²) in [5.41, 5.74) is 8.61. The molecule has 0 bridgehead atoms. The van der Waals surface area contributed by atoms with Gasteiger partial charge in [0, 0.05) is 24.9 Å². The molecular weight excluding hydrogens is 480 g/mol. The molecule has 0 fully saturated rings. The van der Waals surface area contributed by atoms with Crippen LogP contribution in [0.1, 0.15) is 34.8 Å². The van der Waals surface area contributed by atoms with Gasteiger partial charge < -0.3 is 19.9 Å². The van der Waals surface area contributed by atoms with Gasteiger partial charge >= 0.3 is 5.97 Å². The topological polar surface area (TPSA) is 118 Å². The number of esters is 1. The highest BCUT2D eigenvalue weighted by Crippen LogP contribution is 2.49. The van der Waals surface area contributed by atoms with E-state index in [1.54, 1.807) is 25.3 Å². The van der Waals surface area contributed by atoms with Crippen LogP contribution in [-0.4, -0.2) is 37.3 Å². The van der Waals surface area contributed by atoms with E-state index in [1.165, 1.54) is 38.2 Å². The second-order valence-electron chi connectivity index (χ2n) is 7.91. The van der Waals surface area contributed by atoms with Crippen molar-refractivity contribution < 1.29 is 23.8 Å². The summed E-state index contributed by atoms with van der Waals surface area (Å²) >= 11 is 1.43. The van der Waals surface area contributed by atoms with E-state index < -0.39 is 5.97 Å². The summed E-state index contributed by atoms with van der Waals surface area (Å²) in [6.07, 6.45) is 7.33. The molecule has 9 heteroatoms. The van der Waals surface area contributed by atoms with Crippen molar-refractivity contribution in [1.29, 1.82) is 0 Å². The number of carbonyl (C=O) groups is 2. The minimum absolute atomic E-state index is 0.0102. The molecule has 0 aliphatic heterocycles. The number of nitrogens with zero attached hydrogens (tertiary/aromatic N) is 1. The van der Waals surface area contributed by atoms with Crippen LogP contribution in [0.25, 0.3) is 11.1 Å². The Balaban J connectivity index is 0.000000840. The molecule has 0 radical (unpaired) electrons. The standard InChI is InChI=1S/C25H23NO5S.C2H5NO/c1-29-23-20(31-25(28)15-9-11-26-12-10-15)14-17-6-4-5-16-13-19(27)21(32-3)8-7-18(16)22(17)24(23)30-2;1-2(3)4/h7-14H,4-6H2,1-3H3;1H3,(H2,3,4). The van der Waals surface area contributed by atoms with Crippen molar-refractivity contribution in [1.82, 2.24) is 4.98 Å². The Kier molecular flexibility index (Phi) is 9.08. The number of ether oxygens (including phenoxy) is 3. The van der Waals surface area contributed by atoms with E-state index in [0.29, 0.717) is 27.7 Å². The number of thioether (sulfide) groups is 1. The van der Waals surface area contributed by atoms with Gasteiger partial charge in [-0.1, -0.05) is 6.07 Å². The van der Waals surface area contributed by atoms with Crippen LogP contribution >= 0.6 is 11.8 Å². The molecule has 0 atom stereocenters. The van der Waals surface area contributed by atoms with Gasteiger partial charge in [0.15, 0.2) is 16.9 Å². The zero-order valence-electron chi connectivity index (χ0n) is 20.6. The number of pyridine rings is 1. The van der Waals surface area contributed by atoms with Crippen LogP contribution in [-0.2, 0) is 17.6 Å². The molecule has 8 nitrogen and oxygen atoms in total. The lowest BCUT2D eigenvalue weighted by Crippen LogP contribution is -2.10. The summed E-state index contributed by atoms with van der Waals surface area (Å²) in [7, 11) is 3.07. The zero-order chi connectivity index (χ0) is 26.2. The highest BCUT2D eigenvalue weighted by Gasteiger charge is 2.26. The molecule has 0 spiro atoms. The average Bonchev–Trinajstić information content (AvgIpc) is 3.12. The van der Waals surface area contributed by atoms with Crippen molar-refractivity contribution >= 4 is 23.6 Å². The Morgan fingerprint density at radius 2 is 1.61 bits per heavy atom. The molecule has 1 aliphatic rings. The van der Waals surface area contributed by atoms with Crippen molar-refractivity contribution in [2.24, 2.45) is 5.73 Å². The second-order valence-corrected chi connectivity index (χ2v) is 8.76. The van der Waals surface area contributed by atoms with E-state index in [1.807, 2.05) is 24.5 Å². The Morgan fingerprint density at radius 1 is 0.972 bits per heavy atom. The first-order valence-electron chi connectivity index (χ1n) is 11.2. The fourth-order valence-corrected chi connectivity index (χ4v) is 4.48. The molecule has 1 aromatic heterocycles. The molecule has 1 aliphatic carbocycles. The quantitative estimate of drug-likeness (QED) is 0.312. The first-order chi connectivity index (χ1) is 17.3. The Morgan fingerprint density at radius 3 is 2.22 bits per heavy atom. The molecule has 1 heterocycles. The molecule has 4 rings (SSSR count). The monoisotopic (exact) mass is 508 g/mol. The maximum Gasteiger partial charge on any atom is 0.343 e. The largest absolute Gasteiger partial charge is 0.492 e. The van der Waals surface area contributed by atoms with E-state index in [4.69, 9.17) is 14.2 Å². The van der Waals surface area contributed by atoms with Crippen LogP contribution in [0.4, 0.5) is 0 Å². The summed E-state index contributed by atoms with van der Waals surface area (Å²) < 4.78 is 17.1. The van der Waals surface area contributed by atoms with Gasteiger partial charge in [-0.25, -0.2) is 4.79 Å². The van der Waals surface area contributed by atoms with Crippen molar-refractivity contribution in [2.45, 2.75) is 31.1 Å². The van der Waals surface area contributed by atoms with Gasteiger partial charge in [0.2, 0.25) is 11.7 Å². The van der Waals surface area contributed by atoms with Crippen LogP contribution < -0.4 is 25.4 Å². The Labute approximate surface area is 213 Å². The fraction of sp³-hybridized carbons (Fsp3) is 0.259. The van der Waals surface area contributed by atoms with Crippen LogP contribution in [0, 0.1) is 0 Å². The predicted octanol–water partition coefficient (Wildman–Crippen LogP) is 4.05. The molecule has 0 unspecified atom stereocenters. The lowest BCUT2D eigenvalue weighted by atomic mass is 9.96. The number of aryl methyl sites for hydroxylation is 2.